The number of nitrogens with two attached hydrogens (primary N) is 1. The second-order valence-corrected chi connectivity index (χ2v) is 2.30. The number of hydrogen-bond acceptors (Lipinski definition) is 2. The second-order valence-electron chi connectivity index (χ2n) is 1.14. The number of nitrogen functional groups attached to an aromatic ring is 1. The Kier molecular flexibility index (Phi) is 3.15. The molecule has 0 saturated heterocycles. The number of rotatable bonds is 0. The molecule has 0 aliphatic heterocycles. The zero-order valence-electron chi connectivity index (χ0n) is 3.89. The average Bonchev–Trinajstić information content (AvgIpc) is 1.87. The topological polar surface area (TPSA) is 54.7 Å². The monoisotopic (exact) mass is 245 g/mol. The Labute approximate surface area is 66.6 Å². The number of anilines is 1. The minimum absolute atomic E-state index is 0. The third kappa shape index (κ3) is 1.87. The van der Waals surface area contributed by atoms with Crippen LogP contribution in [0.3, 0.4) is 0 Å². The number of aromatic amines is 1. The van der Waals surface area contributed by atoms with E-state index in [2.05, 4.69) is 32.8 Å². The number of nitrogens with one attached hydrogen (secondary N) is 1. The maximum absolute atomic E-state index is 5.23. The summed E-state index contributed by atoms with van der Waals surface area (Å²) in [4.78, 5) is 0. The molecule has 0 spiro atoms. The Hall–Kier alpha value is 0.0300. The molecule has 3 N–H and O–H groups in total. The summed E-state index contributed by atoms with van der Waals surface area (Å²) >= 11 is 2.10. The van der Waals surface area contributed by atoms with Crippen molar-refractivity contribution in [3.8, 4) is 0 Å². The summed E-state index contributed by atoms with van der Waals surface area (Å²) in [5.74, 6) is 0.546. The predicted octanol–water partition coefficient (Wildman–Crippen LogP) is 1.02. The van der Waals surface area contributed by atoms with Gasteiger partial charge in [0.05, 0.1) is 3.70 Å². The molecule has 1 aromatic rings. The van der Waals surface area contributed by atoms with Crippen LogP contribution in [0.2, 0.25) is 0 Å². The molecule has 0 bridgehead atoms. The molecule has 0 aromatic carbocycles. The van der Waals surface area contributed by atoms with Crippen LogP contribution in [0.4, 0.5) is 5.82 Å². The van der Waals surface area contributed by atoms with Gasteiger partial charge in [0.15, 0.2) is 0 Å². The van der Waals surface area contributed by atoms with Gasteiger partial charge >= 0.3 is 0 Å². The van der Waals surface area contributed by atoms with Crippen molar-refractivity contribution in [1.82, 2.24) is 10.2 Å². The van der Waals surface area contributed by atoms with Crippen molar-refractivity contribution in [2.45, 2.75) is 0 Å². The molecule has 5 heteroatoms. The Morgan fingerprint density at radius 3 is 2.50 bits per heavy atom. The van der Waals surface area contributed by atoms with E-state index >= 15 is 0 Å². The maximum atomic E-state index is 5.23. The average molecular weight is 245 g/mol. The Balaban J connectivity index is 0.000000490. The quantitative estimate of drug-likeness (QED) is 0.671. The lowest BCUT2D eigenvalue weighted by molar-refractivity contribution is 1.08. The minimum atomic E-state index is 0. The third-order valence-electron chi connectivity index (χ3n) is 0.566. The van der Waals surface area contributed by atoms with Crippen molar-refractivity contribution in [2.24, 2.45) is 0 Å². The zero-order valence-corrected chi connectivity index (χ0v) is 6.86. The molecule has 0 aliphatic carbocycles. The van der Waals surface area contributed by atoms with Gasteiger partial charge in [-0.3, -0.25) is 5.10 Å². The van der Waals surface area contributed by atoms with Gasteiger partial charge in [0.1, 0.15) is 5.82 Å². The van der Waals surface area contributed by atoms with Crippen molar-refractivity contribution < 1.29 is 0 Å². The van der Waals surface area contributed by atoms with Gasteiger partial charge in [-0.05, 0) is 22.6 Å². The van der Waals surface area contributed by atoms with E-state index in [1.165, 1.54) is 0 Å². The fourth-order valence-corrected chi connectivity index (χ4v) is 0.752. The van der Waals surface area contributed by atoms with E-state index in [1.54, 1.807) is 6.07 Å². The van der Waals surface area contributed by atoms with E-state index in [1.807, 2.05) is 0 Å². The molecule has 0 unspecified atom stereocenters. The summed E-state index contributed by atoms with van der Waals surface area (Å²) in [6.45, 7) is 0. The van der Waals surface area contributed by atoms with E-state index in [0.717, 1.165) is 3.70 Å². The first kappa shape index (κ1) is 8.03. The summed E-state index contributed by atoms with van der Waals surface area (Å²) in [6, 6.07) is 1.76. The van der Waals surface area contributed by atoms with E-state index in [0.29, 0.717) is 5.82 Å². The standard InChI is InChI=1S/C3H4IN3.ClH/c4-2-1-3(5)7-6-2;/h1H,(H3,5,6,7);1H. The highest BCUT2D eigenvalue weighted by atomic mass is 127. The van der Waals surface area contributed by atoms with Crippen LogP contribution < -0.4 is 5.73 Å². The van der Waals surface area contributed by atoms with E-state index in [-0.39, 0.29) is 12.4 Å². The van der Waals surface area contributed by atoms with Crippen LogP contribution >= 0.6 is 35.0 Å². The summed E-state index contributed by atoms with van der Waals surface area (Å²) in [5.41, 5.74) is 5.23. The molecule has 8 heavy (non-hydrogen) atoms. The lowest BCUT2D eigenvalue weighted by Crippen LogP contribution is -1.81. The first-order valence-corrected chi connectivity index (χ1v) is 2.83. The molecule has 0 saturated carbocycles. The number of halogens is 2. The number of hydrogen-bond donors (Lipinski definition) is 2. The van der Waals surface area contributed by atoms with Crippen molar-refractivity contribution in [2.75, 3.05) is 5.73 Å². The van der Waals surface area contributed by atoms with Gasteiger partial charge in [-0.25, -0.2) is 0 Å². The lowest BCUT2D eigenvalue weighted by atomic mass is 10.7. The van der Waals surface area contributed by atoms with E-state index in [4.69, 9.17) is 5.73 Å². The number of H-pyrrole nitrogens is 1. The minimum Gasteiger partial charge on any atom is -0.382 e. The third-order valence-corrected chi connectivity index (χ3v) is 1.12. The van der Waals surface area contributed by atoms with Gasteiger partial charge in [-0.1, -0.05) is 0 Å². The molecule has 0 fully saturated rings. The number of aromatic nitrogens is 2. The molecule has 0 amide bonds. The van der Waals surface area contributed by atoms with Gasteiger partial charge in [0.2, 0.25) is 0 Å². The van der Waals surface area contributed by atoms with Gasteiger partial charge in [0, 0.05) is 6.07 Å². The predicted molar refractivity (Wildman–Crippen MR) is 43.0 cm³/mol. The van der Waals surface area contributed by atoms with Crippen LogP contribution in [-0.2, 0) is 0 Å². The fourth-order valence-electron chi connectivity index (χ4n) is 0.312. The Morgan fingerprint density at radius 1 is 1.75 bits per heavy atom. The smallest absolute Gasteiger partial charge is 0.146 e. The second kappa shape index (κ2) is 3.13. The van der Waals surface area contributed by atoms with Crippen LogP contribution in [0.25, 0.3) is 0 Å². The molecule has 3 nitrogen and oxygen atoms in total. The SMILES string of the molecule is Cl.Nc1cc(I)[nH]n1. The lowest BCUT2D eigenvalue weighted by Gasteiger charge is -1.67. The van der Waals surface area contributed by atoms with Gasteiger partial charge in [0.25, 0.3) is 0 Å². The summed E-state index contributed by atoms with van der Waals surface area (Å²) in [5, 5.41) is 6.34. The van der Waals surface area contributed by atoms with Crippen LogP contribution in [-0.4, -0.2) is 10.2 Å². The molecule has 0 aliphatic rings. The van der Waals surface area contributed by atoms with Gasteiger partial charge < -0.3 is 5.73 Å². The van der Waals surface area contributed by atoms with Crippen LogP contribution in [0.1, 0.15) is 0 Å². The normalized spacial score (nSPS) is 8.12. The van der Waals surface area contributed by atoms with Crippen LogP contribution in [0, 0.1) is 3.70 Å². The Morgan fingerprint density at radius 2 is 2.38 bits per heavy atom. The highest BCUT2D eigenvalue weighted by Gasteiger charge is 1.86. The van der Waals surface area contributed by atoms with Crippen LogP contribution in [0.15, 0.2) is 6.07 Å². The summed E-state index contributed by atoms with van der Waals surface area (Å²) in [6.07, 6.45) is 0. The molecule has 46 valence electrons. The molecular formula is C3H5ClIN3. The zero-order chi connectivity index (χ0) is 5.28. The highest BCUT2D eigenvalue weighted by molar-refractivity contribution is 14.1. The maximum Gasteiger partial charge on any atom is 0.146 e. The van der Waals surface area contributed by atoms with Crippen molar-refractivity contribution in [3.05, 3.63) is 9.77 Å². The van der Waals surface area contributed by atoms with E-state index in [9.17, 15) is 0 Å². The highest BCUT2D eigenvalue weighted by Crippen LogP contribution is 2.01. The molecule has 0 atom stereocenters. The first-order chi connectivity index (χ1) is 3.29. The van der Waals surface area contributed by atoms with Gasteiger partial charge in [-0.2, -0.15) is 5.10 Å². The molecular weight excluding hydrogens is 240 g/mol. The number of nitrogens with zero attached hydrogens (tertiary/aromatic N) is 1. The van der Waals surface area contributed by atoms with Crippen molar-refractivity contribution in [3.63, 3.8) is 0 Å². The molecule has 1 rings (SSSR count). The van der Waals surface area contributed by atoms with Crippen molar-refractivity contribution >= 4 is 40.8 Å². The van der Waals surface area contributed by atoms with Crippen molar-refractivity contribution in [1.29, 1.82) is 0 Å². The summed E-state index contributed by atoms with van der Waals surface area (Å²) in [7, 11) is 0. The molecule has 0 radical (unpaired) electrons. The molecule has 1 aromatic heterocycles. The van der Waals surface area contributed by atoms with Gasteiger partial charge in [-0.15, -0.1) is 12.4 Å². The summed E-state index contributed by atoms with van der Waals surface area (Å²) < 4.78 is 0.968. The van der Waals surface area contributed by atoms with Crippen LogP contribution in [0.5, 0.6) is 0 Å². The van der Waals surface area contributed by atoms with E-state index < -0.39 is 0 Å². The first-order valence-electron chi connectivity index (χ1n) is 1.75. The fraction of sp³-hybridized carbons (Fsp3) is 0. The largest absolute Gasteiger partial charge is 0.382 e. The Bertz CT molecular complexity index is 147. The molecule has 1 heterocycles.